The van der Waals surface area contributed by atoms with Crippen molar-refractivity contribution in [3.63, 3.8) is 0 Å². The molecule has 7 heteroatoms. The standard InChI is InChI=1S/C12H20N4O2S/c1-8-13-11(16-15-8)19-7-6-12(2,10(17)18-3)14-9-4-5-9/h9,14H,4-7H2,1-3H3,(H,13,15,16). The van der Waals surface area contributed by atoms with E-state index >= 15 is 0 Å². The largest absolute Gasteiger partial charge is 0.468 e. The lowest BCUT2D eigenvalue weighted by molar-refractivity contribution is -0.148. The first-order chi connectivity index (χ1) is 9.03. The van der Waals surface area contributed by atoms with Crippen molar-refractivity contribution in [2.75, 3.05) is 12.9 Å². The second kappa shape index (κ2) is 5.92. The van der Waals surface area contributed by atoms with Gasteiger partial charge in [0.15, 0.2) is 0 Å². The predicted octanol–water partition coefficient (Wildman–Crippen LogP) is 1.28. The Labute approximate surface area is 117 Å². The average Bonchev–Trinajstić information content (AvgIpc) is 3.09. The number of hydrogen-bond donors (Lipinski definition) is 2. The van der Waals surface area contributed by atoms with E-state index in [0.717, 1.165) is 29.6 Å². The molecule has 1 aromatic rings. The molecule has 2 rings (SSSR count). The van der Waals surface area contributed by atoms with Crippen LogP contribution in [0.4, 0.5) is 0 Å². The summed E-state index contributed by atoms with van der Waals surface area (Å²) in [6.07, 6.45) is 2.97. The number of thioether (sulfide) groups is 1. The van der Waals surface area contributed by atoms with Gasteiger partial charge in [-0.25, -0.2) is 4.98 Å². The molecule has 0 amide bonds. The second-order valence-electron chi connectivity index (χ2n) is 5.04. The van der Waals surface area contributed by atoms with Gasteiger partial charge in [0.2, 0.25) is 5.16 Å². The number of rotatable bonds is 7. The molecule has 0 radical (unpaired) electrons. The minimum Gasteiger partial charge on any atom is -0.468 e. The normalized spacial score (nSPS) is 18.1. The number of hydrogen-bond acceptors (Lipinski definition) is 6. The van der Waals surface area contributed by atoms with Crippen LogP contribution in [0.5, 0.6) is 0 Å². The molecule has 1 aliphatic rings. The maximum absolute atomic E-state index is 11.9. The highest BCUT2D eigenvalue weighted by atomic mass is 32.2. The zero-order valence-corrected chi connectivity index (χ0v) is 12.3. The number of esters is 1. The van der Waals surface area contributed by atoms with Crippen LogP contribution in [0.25, 0.3) is 0 Å². The van der Waals surface area contributed by atoms with Crippen LogP contribution < -0.4 is 5.32 Å². The van der Waals surface area contributed by atoms with Crippen LogP contribution in [0, 0.1) is 6.92 Å². The van der Waals surface area contributed by atoms with Gasteiger partial charge in [-0.15, -0.1) is 5.10 Å². The van der Waals surface area contributed by atoms with Crippen molar-refractivity contribution >= 4 is 17.7 Å². The van der Waals surface area contributed by atoms with Crippen LogP contribution in [-0.2, 0) is 9.53 Å². The molecular formula is C12H20N4O2S. The maximum Gasteiger partial charge on any atom is 0.325 e. The number of nitrogens with one attached hydrogen (secondary N) is 2. The summed E-state index contributed by atoms with van der Waals surface area (Å²) in [5.74, 6) is 1.36. The van der Waals surface area contributed by atoms with Crippen molar-refractivity contribution in [3.05, 3.63) is 5.82 Å². The third-order valence-corrected chi connectivity index (χ3v) is 3.99. The molecule has 1 fully saturated rings. The van der Waals surface area contributed by atoms with Crippen LogP contribution >= 0.6 is 11.8 Å². The Morgan fingerprint density at radius 2 is 2.37 bits per heavy atom. The van der Waals surface area contributed by atoms with Gasteiger partial charge in [-0.2, -0.15) is 0 Å². The molecule has 2 N–H and O–H groups in total. The molecular weight excluding hydrogens is 264 g/mol. The van der Waals surface area contributed by atoms with Crippen LogP contribution in [0.3, 0.4) is 0 Å². The lowest BCUT2D eigenvalue weighted by Gasteiger charge is -2.27. The fourth-order valence-corrected chi connectivity index (χ4v) is 2.87. The molecule has 1 saturated carbocycles. The number of ether oxygens (including phenoxy) is 1. The topological polar surface area (TPSA) is 79.9 Å². The smallest absolute Gasteiger partial charge is 0.325 e. The summed E-state index contributed by atoms with van der Waals surface area (Å²) in [5, 5.41) is 11.0. The summed E-state index contributed by atoms with van der Waals surface area (Å²) in [6.45, 7) is 3.77. The zero-order valence-electron chi connectivity index (χ0n) is 11.5. The second-order valence-corrected chi connectivity index (χ2v) is 6.11. The molecule has 0 saturated heterocycles. The monoisotopic (exact) mass is 284 g/mol. The van der Waals surface area contributed by atoms with Gasteiger partial charge in [-0.05, 0) is 33.1 Å². The zero-order chi connectivity index (χ0) is 13.9. The number of aromatic amines is 1. The van der Waals surface area contributed by atoms with Crippen molar-refractivity contribution in [1.82, 2.24) is 20.5 Å². The molecule has 0 spiro atoms. The Balaban J connectivity index is 1.86. The van der Waals surface area contributed by atoms with Gasteiger partial charge >= 0.3 is 5.97 Å². The number of aromatic nitrogens is 3. The van der Waals surface area contributed by atoms with Gasteiger partial charge in [0.25, 0.3) is 0 Å². The summed E-state index contributed by atoms with van der Waals surface area (Å²) in [7, 11) is 1.43. The molecule has 0 aromatic carbocycles. The van der Waals surface area contributed by atoms with E-state index < -0.39 is 5.54 Å². The van der Waals surface area contributed by atoms with Crippen molar-refractivity contribution in [3.8, 4) is 0 Å². The lowest BCUT2D eigenvalue weighted by Crippen LogP contribution is -2.51. The molecule has 1 aromatic heterocycles. The van der Waals surface area contributed by atoms with Crippen molar-refractivity contribution in [1.29, 1.82) is 0 Å². The summed E-state index contributed by atoms with van der Waals surface area (Å²) in [5.41, 5.74) is -0.617. The summed E-state index contributed by atoms with van der Waals surface area (Å²) >= 11 is 1.54. The SMILES string of the molecule is COC(=O)C(C)(CCSc1n[nH]c(C)n1)NC1CC1. The van der Waals surface area contributed by atoms with Gasteiger partial charge in [-0.1, -0.05) is 11.8 Å². The highest BCUT2D eigenvalue weighted by molar-refractivity contribution is 7.99. The number of carbonyl (C=O) groups excluding carboxylic acids is 1. The van der Waals surface area contributed by atoms with Crippen LogP contribution in [0.15, 0.2) is 5.16 Å². The molecule has 0 aliphatic heterocycles. The van der Waals surface area contributed by atoms with Gasteiger partial charge in [0.1, 0.15) is 11.4 Å². The molecule has 1 aliphatic carbocycles. The number of H-pyrrole nitrogens is 1. The van der Waals surface area contributed by atoms with Gasteiger partial charge in [-0.3, -0.25) is 15.2 Å². The first-order valence-electron chi connectivity index (χ1n) is 6.41. The van der Waals surface area contributed by atoms with Crippen LogP contribution in [-0.4, -0.2) is 45.6 Å². The van der Waals surface area contributed by atoms with E-state index in [1.807, 2.05) is 13.8 Å². The molecule has 6 nitrogen and oxygen atoms in total. The third-order valence-electron chi connectivity index (χ3n) is 3.15. The molecule has 19 heavy (non-hydrogen) atoms. The van der Waals surface area contributed by atoms with E-state index in [9.17, 15) is 4.79 Å². The maximum atomic E-state index is 11.9. The molecule has 1 atom stereocenters. The summed E-state index contributed by atoms with van der Waals surface area (Å²) in [4.78, 5) is 16.1. The Morgan fingerprint density at radius 3 is 2.89 bits per heavy atom. The number of nitrogens with zero attached hydrogens (tertiary/aromatic N) is 2. The Kier molecular flexibility index (Phi) is 4.46. The quantitative estimate of drug-likeness (QED) is 0.580. The third kappa shape index (κ3) is 3.94. The fraction of sp³-hybridized carbons (Fsp3) is 0.750. The van der Waals surface area contributed by atoms with Crippen molar-refractivity contribution < 1.29 is 9.53 Å². The molecule has 106 valence electrons. The van der Waals surface area contributed by atoms with Gasteiger partial charge in [0, 0.05) is 11.8 Å². The van der Waals surface area contributed by atoms with E-state index in [2.05, 4.69) is 20.5 Å². The average molecular weight is 284 g/mol. The minimum absolute atomic E-state index is 0.203. The first kappa shape index (κ1) is 14.3. The Morgan fingerprint density at radius 1 is 1.63 bits per heavy atom. The highest BCUT2D eigenvalue weighted by Gasteiger charge is 2.39. The predicted molar refractivity (Wildman–Crippen MR) is 73.0 cm³/mol. The molecule has 1 unspecified atom stereocenters. The van der Waals surface area contributed by atoms with Gasteiger partial charge in [0.05, 0.1) is 7.11 Å². The van der Waals surface area contributed by atoms with Crippen molar-refractivity contribution in [2.45, 2.75) is 49.8 Å². The van der Waals surface area contributed by atoms with E-state index in [4.69, 9.17) is 4.74 Å². The minimum atomic E-state index is -0.617. The summed E-state index contributed by atoms with van der Waals surface area (Å²) < 4.78 is 4.90. The van der Waals surface area contributed by atoms with E-state index in [-0.39, 0.29) is 5.97 Å². The summed E-state index contributed by atoms with van der Waals surface area (Å²) in [6, 6.07) is 0.458. The fourth-order valence-electron chi connectivity index (χ4n) is 1.87. The lowest BCUT2D eigenvalue weighted by atomic mass is 9.99. The van der Waals surface area contributed by atoms with E-state index in [1.165, 1.54) is 7.11 Å². The number of methoxy groups -OCH3 is 1. The highest BCUT2D eigenvalue weighted by Crippen LogP contribution is 2.26. The molecule has 1 heterocycles. The van der Waals surface area contributed by atoms with Gasteiger partial charge < -0.3 is 4.74 Å². The van der Waals surface area contributed by atoms with Crippen molar-refractivity contribution in [2.24, 2.45) is 0 Å². The Hall–Kier alpha value is -1.08. The number of aryl methyl sites for hydroxylation is 1. The van der Waals surface area contributed by atoms with Crippen LogP contribution in [0.2, 0.25) is 0 Å². The molecule has 0 bridgehead atoms. The number of carbonyl (C=O) groups is 1. The van der Waals surface area contributed by atoms with E-state index in [1.54, 1.807) is 11.8 Å². The first-order valence-corrected chi connectivity index (χ1v) is 7.40. The van der Waals surface area contributed by atoms with E-state index in [0.29, 0.717) is 12.5 Å². The van der Waals surface area contributed by atoms with Crippen LogP contribution in [0.1, 0.15) is 32.0 Å². The Bertz CT molecular complexity index is 447.